The molecule has 15 heavy (non-hydrogen) atoms. The summed E-state index contributed by atoms with van der Waals surface area (Å²) in [5.74, 6) is -0.0871. The summed E-state index contributed by atoms with van der Waals surface area (Å²) in [6, 6.07) is 1.56. The molecule has 0 aliphatic heterocycles. The standard InChI is InChI=1S/C9H13N3O3/c1-6(2)15-8-3-7(11-5-12-8)10-4-9(13)14/h3,5-6H,4H2,1-2H3,(H,13,14)(H,10,11,12). The van der Waals surface area contributed by atoms with Crippen LogP contribution in [0.1, 0.15) is 13.8 Å². The number of aromatic nitrogens is 2. The Morgan fingerprint density at radius 2 is 2.33 bits per heavy atom. The second kappa shape index (κ2) is 5.14. The molecule has 2 N–H and O–H groups in total. The normalized spacial score (nSPS) is 10.1. The second-order valence-corrected chi connectivity index (χ2v) is 3.16. The number of nitrogens with zero attached hydrogens (tertiary/aromatic N) is 2. The van der Waals surface area contributed by atoms with Crippen LogP contribution in [0.5, 0.6) is 5.88 Å². The monoisotopic (exact) mass is 211 g/mol. The maximum atomic E-state index is 10.3. The number of rotatable bonds is 5. The predicted molar refractivity (Wildman–Crippen MR) is 53.9 cm³/mol. The molecule has 0 fully saturated rings. The van der Waals surface area contributed by atoms with E-state index in [1.165, 1.54) is 6.33 Å². The van der Waals surface area contributed by atoms with Gasteiger partial charge in [0.05, 0.1) is 6.10 Å². The van der Waals surface area contributed by atoms with E-state index >= 15 is 0 Å². The van der Waals surface area contributed by atoms with Gasteiger partial charge < -0.3 is 15.2 Å². The topological polar surface area (TPSA) is 84.3 Å². The van der Waals surface area contributed by atoms with Crippen molar-refractivity contribution in [3.05, 3.63) is 12.4 Å². The first-order valence-electron chi connectivity index (χ1n) is 4.52. The van der Waals surface area contributed by atoms with Crippen molar-refractivity contribution >= 4 is 11.8 Å². The lowest BCUT2D eigenvalue weighted by molar-refractivity contribution is -0.134. The van der Waals surface area contributed by atoms with E-state index in [1.54, 1.807) is 6.07 Å². The van der Waals surface area contributed by atoms with E-state index < -0.39 is 5.97 Å². The Balaban J connectivity index is 2.61. The van der Waals surface area contributed by atoms with Crippen LogP contribution in [-0.2, 0) is 4.79 Å². The van der Waals surface area contributed by atoms with Crippen LogP contribution in [0.2, 0.25) is 0 Å². The van der Waals surface area contributed by atoms with Gasteiger partial charge in [-0.25, -0.2) is 9.97 Å². The first kappa shape index (κ1) is 11.2. The minimum Gasteiger partial charge on any atom is -0.480 e. The Morgan fingerprint density at radius 1 is 1.60 bits per heavy atom. The number of carbonyl (C=O) groups is 1. The van der Waals surface area contributed by atoms with Crippen LogP contribution in [0.3, 0.4) is 0 Å². The third-order valence-corrected chi connectivity index (χ3v) is 1.42. The van der Waals surface area contributed by atoms with Crippen LogP contribution < -0.4 is 10.1 Å². The molecule has 6 nitrogen and oxygen atoms in total. The van der Waals surface area contributed by atoms with E-state index in [0.29, 0.717) is 11.7 Å². The van der Waals surface area contributed by atoms with Gasteiger partial charge in [-0.2, -0.15) is 0 Å². The molecular weight excluding hydrogens is 198 g/mol. The van der Waals surface area contributed by atoms with Crippen LogP contribution in [0.15, 0.2) is 12.4 Å². The molecular formula is C9H13N3O3. The molecule has 0 aliphatic carbocycles. The molecule has 0 amide bonds. The molecule has 1 heterocycles. The van der Waals surface area contributed by atoms with E-state index in [2.05, 4.69) is 15.3 Å². The number of carboxylic acids is 1. The van der Waals surface area contributed by atoms with Crippen molar-refractivity contribution in [2.75, 3.05) is 11.9 Å². The van der Waals surface area contributed by atoms with Gasteiger partial charge in [-0.15, -0.1) is 0 Å². The van der Waals surface area contributed by atoms with Gasteiger partial charge in [-0.05, 0) is 13.8 Å². The Labute approximate surface area is 87.3 Å². The minimum absolute atomic E-state index is 0.0206. The van der Waals surface area contributed by atoms with Gasteiger partial charge in [-0.1, -0.05) is 0 Å². The average molecular weight is 211 g/mol. The smallest absolute Gasteiger partial charge is 0.322 e. The highest BCUT2D eigenvalue weighted by Crippen LogP contribution is 2.11. The first-order valence-corrected chi connectivity index (χ1v) is 4.52. The zero-order valence-corrected chi connectivity index (χ0v) is 8.60. The molecule has 0 aromatic carbocycles. The number of ether oxygens (including phenoxy) is 1. The van der Waals surface area contributed by atoms with Gasteiger partial charge >= 0.3 is 5.97 Å². The van der Waals surface area contributed by atoms with Crippen LogP contribution in [0.25, 0.3) is 0 Å². The van der Waals surface area contributed by atoms with E-state index in [4.69, 9.17) is 9.84 Å². The number of carboxylic acid groups (broad SMARTS) is 1. The minimum atomic E-state index is -0.944. The molecule has 0 bridgehead atoms. The fraction of sp³-hybridized carbons (Fsp3) is 0.444. The third-order valence-electron chi connectivity index (χ3n) is 1.42. The average Bonchev–Trinajstić information content (AvgIpc) is 2.14. The van der Waals surface area contributed by atoms with Crippen LogP contribution in [-0.4, -0.2) is 33.7 Å². The zero-order valence-electron chi connectivity index (χ0n) is 8.60. The van der Waals surface area contributed by atoms with E-state index in [1.807, 2.05) is 13.8 Å². The maximum Gasteiger partial charge on any atom is 0.322 e. The van der Waals surface area contributed by atoms with Crippen molar-refractivity contribution in [1.82, 2.24) is 9.97 Å². The van der Waals surface area contributed by atoms with Gasteiger partial charge in [0.1, 0.15) is 18.7 Å². The lowest BCUT2D eigenvalue weighted by Crippen LogP contribution is -2.14. The Kier molecular flexibility index (Phi) is 3.84. The van der Waals surface area contributed by atoms with Crippen molar-refractivity contribution in [2.45, 2.75) is 20.0 Å². The highest BCUT2D eigenvalue weighted by Gasteiger charge is 2.02. The second-order valence-electron chi connectivity index (χ2n) is 3.16. The number of hydrogen-bond acceptors (Lipinski definition) is 5. The Hall–Kier alpha value is -1.85. The van der Waals surface area contributed by atoms with E-state index in [9.17, 15) is 4.79 Å². The zero-order chi connectivity index (χ0) is 11.3. The molecule has 0 radical (unpaired) electrons. The molecule has 0 aliphatic rings. The summed E-state index contributed by atoms with van der Waals surface area (Å²) in [6.07, 6.45) is 1.34. The summed E-state index contributed by atoms with van der Waals surface area (Å²) in [4.78, 5) is 18.0. The first-order chi connectivity index (χ1) is 7.08. The summed E-state index contributed by atoms with van der Waals surface area (Å²) in [5, 5.41) is 11.1. The molecule has 1 aromatic heterocycles. The lowest BCUT2D eigenvalue weighted by Gasteiger charge is -2.09. The number of hydrogen-bond donors (Lipinski definition) is 2. The summed E-state index contributed by atoms with van der Waals surface area (Å²) in [7, 11) is 0. The van der Waals surface area contributed by atoms with Crippen LogP contribution in [0, 0.1) is 0 Å². The molecule has 6 heteroatoms. The largest absolute Gasteiger partial charge is 0.480 e. The Morgan fingerprint density at radius 3 is 2.93 bits per heavy atom. The molecule has 1 rings (SSSR count). The van der Waals surface area contributed by atoms with Crippen LogP contribution >= 0.6 is 0 Å². The van der Waals surface area contributed by atoms with Crippen molar-refractivity contribution < 1.29 is 14.6 Å². The third kappa shape index (κ3) is 4.26. The highest BCUT2D eigenvalue weighted by molar-refractivity contribution is 5.72. The van der Waals surface area contributed by atoms with E-state index in [0.717, 1.165) is 0 Å². The molecule has 1 aromatic rings. The van der Waals surface area contributed by atoms with Crippen molar-refractivity contribution in [3.8, 4) is 5.88 Å². The summed E-state index contributed by atoms with van der Waals surface area (Å²) in [6.45, 7) is 3.58. The van der Waals surface area contributed by atoms with Crippen molar-refractivity contribution in [3.63, 3.8) is 0 Å². The number of nitrogens with one attached hydrogen (secondary N) is 1. The van der Waals surface area contributed by atoms with Crippen molar-refractivity contribution in [2.24, 2.45) is 0 Å². The summed E-state index contributed by atoms with van der Waals surface area (Å²) < 4.78 is 5.32. The fourth-order valence-corrected chi connectivity index (χ4v) is 0.908. The SMILES string of the molecule is CC(C)Oc1cc(NCC(=O)O)ncn1. The van der Waals surface area contributed by atoms with Gasteiger partial charge in [0.2, 0.25) is 5.88 Å². The molecule has 0 spiro atoms. The van der Waals surface area contributed by atoms with Gasteiger partial charge in [-0.3, -0.25) is 4.79 Å². The quantitative estimate of drug-likeness (QED) is 0.748. The maximum absolute atomic E-state index is 10.3. The number of aliphatic carboxylic acids is 1. The predicted octanol–water partition coefficient (Wildman–Crippen LogP) is 0.760. The van der Waals surface area contributed by atoms with Crippen molar-refractivity contribution in [1.29, 1.82) is 0 Å². The molecule has 0 unspecified atom stereocenters. The Bertz CT molecular complexity index is 341. The fourth-order valence-electron chi connectivity index (χ4n) is 0.908. The molecule has 0 saturated carbocycles. The molecule has 0 atom stereocenters. The lowest BCUT2D eigenvalue weighted by atomic mass is 10.4. The summed E-state index contributed by atoms with van der Waals surface area (Å²) in [5.41, 5.74) is 0. The van der Waals surface area contributed by atoms with E-state index in [-0.39, 0.29) is 12.6 Å². The number of anilines is 1. The molecule has 82 valence electrons. The highest BCUT2D eigenvalue weighted by atomic mass is 16.5. The van der Waals surface area contributed by atoms with Gasteiger partial charge in [0, 0.05) is 6.07 Å². The van der Waals surface area contributed by atoms with Crippen LogP contribution in [0.4, 0.5) is 5.82 Å². The summed E-state index contributed by atoms with van der Waals surface area (Å²) >= 11 is 0. The van der Waals surface area contributed by atoms with Gasteiger partial charge in [0.15, 0.2) is 0 Å². The van der Waals surface area contributed by atoms with Gasteiger partial charge in [0.25, 0.3) is 0 Å². The molecule has 0 saturated heterocycles.